The van der Waals surface area contributed by atoms with E-state index < -0.39 is 34.8 Å². The maximum absolute atomic E-state index is 12.9. The van der Waals surface area contributed by atoms with Crippen LogP contribution in [0.4, 0.5) is 23.2 Å². The number of carbonyl (C=O) groups is 1. The van der Waals surface area contributed by atoms with E-state index in [0.717, 1.165) is 36.1 Å². The second kappa shape index (κ2) is 6.52. The van der Waals surface area contributed by atoms with Crippen LogP contribution in [0.5, 0.6) is 0 Å². The van der Waals surface area contributed by atoms with Crippen LogP contribution in [0.25, 0.3) is 0 Å². The van der Waals surface area contributed by atoms with Crippen molar-refractivity contribution >= 4 is 11.6 Å². The molecule has 0 saturated heterocycles. The lowest BCUT2D eigenvalue weighted by molar-refractivity contribution is -0.138. The summed E-state index contributed by atoms with van der Waals surface area (Å²) in [5, 5.41) is 21.1. The van der Waals surface area contributed by atoms with Crippen LogP contribution in [-0.2, 0) is 17.5 Å². The lowest BCUT2D eigenvalue weighted by atomic mass is 10.0. The van der Waals surface area contributed by atoms with E-state index in [1.807, 2.05) is 0 Å². The largest absolute Gasteiger partial charge is 0.417 e. The Labute approximate surface area is 139 Å². The first-order valence-corrected chi connectivity index (χ1v) is 6.85. The van der Waals surface area contributed by atoms with Gasteiger partial charge in [-0.1, -0.05) is 0 Å². The van der Waals surface area contributed by atoms with Gasteiger partial charge in [-0.15, -0.1) is 0 Å². The van der Waals surface area contributed by atoms with E-state index in [4.69, 9.17) is 5.26 Å². The third-order valence-corrected chi connectivity index (χ3v) is 3.28. The number of hydrogen-bond acceptors (Lipinski definition) is 4. The van der Waals surface area contributed by atoms with Crippen molar-refractivity contribution in [3.63, 3.8) is 0 Å². The molecule has 1 amide bonds. The first-order chi connectivity index (χ1) is 11.5. The Hall–Kier alpha value is -2.93. The first kappa shape index (κ1) is 18.4. The molecule has 25 heavy (non-hydrogen) atoms. The van der Waals surface area contributed by atoms with Crippen LogP contribution in [0.3, 0.4) is 0 Å². The fourth-order valence-electron chi connectivity index (χ4n) is 2.07. The summed E-state index contributed by atoms with van der Waals surface area (Å²) in [5.41, 5.74) is -4.08. The second-order valence-electron chi connectivity index (χ2n) is 5.47. The molecule has 132 valence electrons. The normalized spacial score (nSPS) is 13.8. The summed E-state index contributed by atoms with van der Waals surface area (Å²) in [6.45, 7) is 0.757. The maximum atomic E-state index is 12.9. The third kappa shape index (κ3) is 4.33. The van der Waals surface area contributed by atoms with Crippen LogP contribution >= 0.6 is 0 Å². The van der Waals surface area contributed by atoms with Gasteiger partial charge in [0.1, 0.15) is 0 Å². The van der Waals surface area contributed by atoms with Crippen LogP contribution < -0.4 is 5.32 Å². The first-order valence-electron chi connectivity index (χ1n) is 6.85. The Morgan fingerprint density at radius 2 is 2.12 bits per heavy atom. The summed E-state index contributed by atoms with van der Waals surface area (Å²) in [7, 11) is 0. The number of anilines is 1. The standard InChI is InChI=1S/C15H12F4N4O2/c1-14(25,7-23-6-12(16)21-8-23)13(24)22-10-3-2-9(5-20)11(4-10)15(17,18)19/h2-4,6,8,25H,7H2,1H3,(H,22,24)/t14-/m0/s1. The van der Waals surface area contributed by atoms with Crippen molar-refractivity contribution in [1.29, 1.82) is 5.26 Å². The van der Waals surface area contributed by atoms with Crippen molar-refractivity contribution in [2.45, 2.75) is 25.2 Å². The molecule has 0 bridgehead atoms. The van der Waals surface area contributed by atoms with Gasteiger partial charge in [-0.3, -0.25) is 4.79 Å². The van der Waals surface area contributed by atoms with Gasteiger partial charge < -0.3 is 15.0 Å². The number of rotatable bonds is 4. The van der Waals surface area contributed by atoms with E-state index in [2.05, 4.69) is 10.3 Å². The van der Waals surface area contributed by atoms with Crippen LogP contribution in [0.1, 0.15) is 18.1 Å². The number of amides is 1. The molecule has 0 fully saturated rings. The Morgan fingerprint density at radius 1 is 1.44 bits per heavy atom. The van der Waals surface area contributed by atoms with Crippen molar-refractivity contribution < 1.29 is 27.5 Å². The molecule has 10 heteroatoms. The molecular weight excluding hydrogens is 344 g/mol. The van der Waals surface area contributed by atoms with Gasteiger partial charge >= 0.3 is 6.18 Å². The number of halogens is 4. The van der Waals surface area contributed by atoms with Crippen molar-refractivity contribution in [3.8, 4) is 6.07 Å². The average molecular weight is 356 g/mol. The molecule has 6 nitrogen and oxygen atoms in total. The predicted molar refractivity (Wildman–Crippen MR) is 77.6 cm³/mol. The summed E-state index contributed by atoms with van der Waals surface area (Å²) in [6, 6.07) is 4.05. The molecule has 0 spiro atoms. The number of benzene rings is 1. The SMILES string of the molecule is C[C@](O)(Cn1cnc(F)c1)C(=O)Nc1ccc(C#N)c(C(F)(F)F)c1. The number of nitrogens with one attached hydrogen (secondary N) is 1. The minimum Gasteiger partial charge on any atom is -0.378 e. The fourth-order valence-corrected chi connectivity index (χ4v) is 2.07. The van der Waals surface area contributed by atoms with Crippen LogP contribution in [0, 0.1) is 17.3 Å². The minimum atomic E-state index is -4.78. The summed E-state index contributed by atoms with van der Waals surface area (Å²) in [5.74, 6) is -1.81. The smallest absolute Gasteiger partial charge is 0.378 e. The molecule has 1 atom stereocenters. The van der Waals surface area contributed by atoms with Crippen LogP contribution in [0.15, 0.2) is 30.7 Å². The van der Waals surface area contributed by atoms with Crippen molar-refractivity contribution in [3.05, 3.63) is 47.8 Å². The van der Waals surface area contributed by atoms with Crippen molar-refractivity contribution in [2.75, 3.05) is 5.32 Å². The number of nitrogens with zero attached hydrogens (tertiary/aromatic N) is 3. The van der Waals surface area contributed by atoms with Gasteiger partial charge in [-0.05, 0) is 25.1 Å². The Morgan fingerprint density at radius 3 is 2.64 bits per heavy atom. The van der Waals surface area contributed by atoms with Crippen LogP contribution in [0.2, 0.25) is 0 Å². The topological polar surface area (TPSA) is 90.9 Å². The molecular formula is C15H12F4N4O2. The lowest BCUT2D eigenvalue weighted by Gasteiger charge is -2.23. The van der Waals surface area contributed by atoms with Crippen molar-refractivity contribution in [2.24, 2.45) is 0 Å². The highest BCUT2D eigenvalue weighted by atomic mass is 19.4. The molecule has 1 aromatic carbocycles. The minimum absolute atomic E-state index is 0.242. The Balaban J connectivity index is 2.21. The van der Waals surface area contributed by atoms with Gasteiger partial charge in [-0.25, -0.2) is 4.98 Å². The zero-order valence-corrected chi connectivity index (χ0v) is 12.8. The third-order valence-electron chi connectivity index (χ3n) is 3.28. The number of aliphatic hydroxyl groups is 1. The molecule has 0 aliphatic carbocycles. The molecule has 2 rings (SSSR count). The van der Waals surface area contributed by atoms with Gasteiger partial charge in [0.05, 0.1) is 36.3 Å². The molecule has 0 unspecified atom stereocenters. The van der Waals surface area contributed by atoms with Gasteiger partial charge in [0.25, 0.3) is 5.91 Å². The van der Waals surface area contributed by atoms with Gasteiger partial charge in [0.15, 0.2) is 5.60 Å². The second-order valence-corrected chi connectivity index (χ2v) is 5.47. The summed E-state index contributed by atoms with van der Waals surface area (Å²) >= 11 is 0. The zero-order valence-electron chi connectivity index (χ0n) is 12.8. The van der Waals surface area contributed by atoms with Gasteiger partial charge in [0, 0.05) is 5.69 Å². The molecule has 2 aromatic rings. The summed E-state index contributed by atoms with van der Waals surface area (Å²) in [4.78, 5) is 15.4. The fraction of sp³-hybridized carbons (Fsp3) is 0.267. The molecule has 0 saturated carbocycles. The van der Waals surface area contributed by atoms with E-state index >= 15 is 0 Å². The molecule has 0 aliphatic heterocycles. The van der Waals surface area contributed by atoms with Gasteiger partial charge in [0.2, 0.25) is 5.95 Å². The van der Waals surface area contributed by atoms with Crippen molar-refractivity contribution in [1.82, 2.24) is 9.55 Å². The number of carbonyl (C=O) groups excluding carboxylic acids is 1. The van der Waals surface area contributed by atoms with E-state index in [0.29, 0.717) is 6.07 Å². The quantitative estimate of drug-likeness (QED) is 0.823. The van der Waals surface area contributed by atoms with E-state index in [1.165, 1.54) is 6.07 Å². The van der Waals surface area contributed by atoms with Crippen LogP contribution in [-0.4, -0.2) is 26.2 Å². The van der Waals surface area contributed by atoms with E-state index in [1.54, 1.807) is 0 Å². The van der Waals surface area contributed by atoms with E-state index in [-0.39, 0.29) is 12.2 Å². The molecule has 2 N–H and O–H groups in total. The van der Waals surface area contributed by atoms with E-state index in [9.17, 15) is 27.5 Å². The summed E-state index contributed by atoms with van der Waals surface area (Å²) < 4.78 is 52.7. The molecule has 1 aromatic heterocycles. The maximum Gasteiger partial charge on any atom is 0.417 e. The Bertz CT molecular complexity index is 837. The number of imidazole rings is 1. The average Bonchev–Trinajstić information content (AvgIpc) is 2.90. The number of alkyl halides is 3. The highest BCUT2D eigenvalue weighted by Gasteiger charge is 2.35. The zero-order chi connectivity index (χ0) is 18.8. The molecule has 0 aliphatic rings. The number of aromatic nitrogens is 2. The Kier molecular flexibility index (Phi) is 4.80. The number of nitriles is 1. The highest BCUT2D eigenvalue weighted by molar-refractivity contribution is 5.96. The van der Waals surface area contributed by atoms with Gasteiger partial charge in [-0.2, -0.15) is 22.8 Å². The highest BCUT2D eigenvalue weighted by Crippen LogP contribution is 2.33. The lowest BCUT2D eigenvalue weighted by Crippen LogP contribution is -2.43. The molecule has 1 heterocycles. The predicted octanol–water partition coefficient (Wildman–Crippen LogP) is 2.30. The number of hydrogen-bond donors (Lipinski definition) is 2. The molecule has 0 radical (unpaired) electrons. The summed E-state index contributed by atoms with van der Waals surface area (Å²) in [6.07, 6.45) is -2.77. The monoisotopic (exact) mass is 356 g/mol.